The van der Waals surface area contributed by atoms with Crippen LogP contribution in [0.25, 0.3) is 11.0 Å². The number of aromatic nitrogens is 2. The van der Waals surface area contributed by atoms with E-state index in [4.69, 9.17) is 5.73 Å². The van der Waals surface area contributed by atoms with Crippen molar-refractivity contribution < 1.29 is 4.79 Å². The molecule has 2 atom stereocenters. The zero-order chi connectivity index (χ0) is 13.0. The van der Waals surface area contributed by atoms with Crippen molar-refractivity contribution >= 4 is 16.9 Å². The summed E-state index contributed by atoms with van der Waals surface area (Å²) in [6.45, 7) is 1.07. The molecule has 4 rings (SSSR count). The number of nitrogens with two attached hydrogens (primary N) is 1. The zero-order valence-corrected chi connectivity index (χ0v) is 10.6. The molecule has 0 radical (unpaired) electrons. The van der Waals surface area contributed by atoms with Crippen molar-refractivity contribution in [2.24, 2.45) is 11.7 Å². The second-order valence-electron chi connectivity index (χ2n) is 5.72. The van der Waals surface area contributed by atoms with Crippen molar-refractivity contribution in [1.29, 1.82) is 0 Å². The molecule has 2 fully saturated rings. The predicted octanol–water partition coefficient (Wildman–Crippen LogP) is 1.26. The highest BCUT2D eigenvalue weighted by Gasteiger charge is 2.47. The summed E-state index contributed by atoms with van der Waals surface area (Å²) in [4.78, 5) is 19.5. The van der Waals surface area contributed by atoms with Gasteiger partial charge in [-0.3, -0.25) is 4.79 Å². The standard InChI is InChI=1S/C14H16N4O/c15-12(19)9-2-1-3-10-11(9)18-13(17-10)14-5-4-8(6-14)7-16-14/h1-3,8,16H,4-7H2,(H2,15,19)(H,17,18)/t8-,14+/m0/s1. The number of carbonyl (C=O) groups is 1. The molecule has 1 amide bonds. The number of rotatable bonds is 2. The van der Waals surface area contributed by atoms with Crippen molar-refractivity contribution in [3.8, 4) is 0 Å². The van der Waals surface area contributed by atoms with Crippen LogP contribution in [-0.4, -0.2) is 22.4 Å². The van der Waals surface area contributed by atoms with Crippen molar-refractivity contribution in [2.75, 3.05) is 6.54 Å². The quantitative estimate of drug-likeness (QED) is 0.756. The fraction of sp³-hybridized carbons (Fsp3) is 0.429. The van der Waals surface area contributed by atoms with Crippen LogP contribution in [-0.2, 0) is 5.54 Å². The SMILES string of the molecule is NC(=O)c1cccc2[nH]c([C@]34CC[C@H](CN3)C4)nc12. The molecule has 1 saturated heterocycles. The maximum atomic E-state index is 11.5. The Morgan fingerprint density at radius 3 is 3.00 bits per heavy atom. The van der Waals surface area contributed by atoms with Gasteiger partial charge in [-0.2, -0.15) is 0 Å². The van der Waals surface area contributed by atoms with Crippen molar-refractivity contribution in [1.82, 2.24) is 15.3 Å². The lowest BCUT2D eigenvalue weighted by Crippen LogP contribution is -2.38. The highest BCUT2D eigenvalue weighted by atomic mass is 16.1. The summed E-state index contributed by atoms with van der Waals surface area (Å²) in [5.74, 6) is 1.30. The fourth-order valence-electron chi connectivity index (χ4n) is 3.58. The number of amides is 1. The van der Waals surface area contributed by atoms with Gasteiger partial charge in [0.1, 0.15) is 11.3 Å². The Morgan fingerprint density at radius 1 is 1.47 bits per heavy atom. The number of benzene rings is 1. The number of carbonyl (C=O) groups excluding carboxylic acids is 1. The molecule has 1 saturated carbocycles. The largest absolute Gasteiger partial charge is 0.366 e. The summed E-state index contributed by atoms with van der Waals surface area (Å²) in [7, 11) is 0. The monoisotopic (exact) mass is 256 g/mol. The molecule has 1 aliphatic carbocycles. The van der Waals surface area contributed by atoms with E-state index in [9.17, 15) is 4.79 Å². The van der Waals surface area contributed by atoms with Gasteiger partial charge in [0.05, 0.1) is 16.6 Å². The van der Waals surface area contributed by atoms with Crippen molar-refractivity contribution in [3.05, 3.63) is 29.6 Å². The molecule has 1 aromatic heterocycles. The number of nitrogens with one attached hydrogen (secondary N) is 2. The number of hydrogen-bond donors (Lipinski definition) is 3. The highest BCUT2D eigenvalue weighted by molar-refractivity contribution is 6.04. The average Bonchev–Trinajstić information content (AvgIpc) is 3.11. The number of piperidine rings is 1. The zero-order valence-electron chi connectivity index (χ0n) is 10.6. The third-order valence-corrected chi connectivity index (χ3v) is 4.58. The molecule has 5 heteroatoms. The van der Waals surface area contributed by atoms with Gasteiger partial charge in [0.2, 0.25) is 0 Å². The Morgan fingerprint density at radius 2 is 2.37 bits per heavy atom. The molecule has 0 spiro atoms. The van der Waals surface area contributed by atoms with E-state index in [1.54, 1.807) is 6.07 Å². The van der Waals surface area contributed by atoms with Crippen LogP contribution < -0.4 is 11.1 Å². The van der Waals surface area contributed by atoms with E-state index in [0.29, 0.717) is 11.1 Å². The van der Waals surface area contributed by atoms with E-state index in [1.165, 1.54) is 6.42 Å². The smallest absolute Gasteiger partial charge is 0.250 e. The van der Waals surface area contributed by atoms with Gasteiger partial charge in [0.15, 0.2) is 0 Å². The maximum absolute atomic E-state index is 11.5. The van der Waals surface area contributed by atoms with Crippen LogP contribution in [0.2, 0.25) is 0 Å². The van der Waals surface area contributed by atoms with E-state index in [2.05, 4.69) is 15.3 Å². The average molecular weight is 256 g/mol. The van der Waals surface area contributed by atoms with Gasteiger partial charge in [-0.15, -0.1) is 0 Å². The molecule has 0 unspecified atom stereocenters. The number of imidazole rings is 1. The molecule has 1 aliphatic heterocycles. The minimum atomic E-state index is -0.426. The summed E-state index contributed by atoms with van der Waals surface area (Å²) < 4.78 is 0. The van der Waals surface area contributed by atoms with E-state index < -0.39 is 5.91 Å². The molecule has 2 aliphatic rings. The van der Waals surface area contributed by atoms with E-state index in [-0.39, 0.29) is 5.54 Å². The van der Waals surface area contributed by atoms with Gasteiger partial charge >= 0.3 is 0 Å². The summed E-state index contributed by atoms with van der Waals surface area (Å²) in [5, 5.41) is 3.59. The van der Waals surface area contributed by atoms with Crippen LogP contribution >= 0.6 is 0 Å². The van der Waals surface area contributed by atoms with Gasteiger partial charge in [-0.25, -0.2) is 4.98 Å². The van der Waals surface area contributed by atoms with Crippen LogP contribution in [0.4, 0.5) is 0 Å². The lowest BCUT2D eigenvalue weighted by Gasteiger charge is -2.25. The van der Waals surface area contributed by atoms with Crippen molar-refractivity contribution in [3.63, 3.8) is 0 Å². The Kier molecular flexibility index (Phi) is 2.07. The van der Waals surface area contributed by atoms with Crippen LogP contribution in [0, 0.1) is 5.92 Å². The molecule has 4 N–H and O–H groups in total. The number of primary amides is 1. The molecule has 5 nitrogen and oxygen atoms in total. The fourth-order valence-corrected chi connectivity index (χ4v) is 3.58. The lowest BCUT2D eigenvalue weighted by atomic mass is 9.98. The third kappa shape index (κ3) is 1.45. The summed E-state index contributed by atoms with van der Waals surface area (Å²) in [5.41, 5.74) is 7.46. The summed E-state index contributed by atoms with van der Waals surface area (Å²) >= 11 is 0. The van der Waals surface area contributed by atoms with Gasteiger partial charge in [0, 0.05) is 0 Å². The minimum absolute atomic E-state index is 0.0153. The lowest BCUT2D eigenvalue weighted by molar-refractivity contribution is 0.100. The first kappa shape index (κ1) is 11.0. The Labute approximate surface area is 110 Å². The molecule has 98 valence electrons. The predicted molar refractivity (Wildman–Crippen MR) is 71.6 cm³/mol. The second-order valence-corrected chi connectivity index (χ2v) is 5.72. The first-order valence-corrected chi connectivity index (χ1v) is 6.72. The van der Waals surface area contributed by atoms with Gasteiger partial charge in [-0.05, 0) is 43.9 Å². The molecular formula is C14H16N4O. The van der Waals surface area contributed by atoms with E-state index in [0.717, 1.165) is 36.6 Å². The summed E-state index contributed by atoms with van der Waals surface area (Å²) in [6.07, 6.45) is 3.51. The van der Waals surface area contributed by atoms with E-state index in [1.807, 2.05) is 12.1 Å². The van der Waals surface area contributed by atoms with E-state index >= 15 is 0 Å². The van der Waals surface area contributed by atoms with Crippen LogP contribution in [0.5, 0.6) is 0 Å². The normalized spacial score (nSPS) is 29.2. The number of H-pyrrole nitrogens is 1. The molecular weight excluding hydrogens is 240 g/mol. The maximum Gasteiger partial charge on any atom is 0.250 e. The number of hydrogen-bond acceptors (Lipinski definition) is 3. The van der Waals surface area contributed by atoms with Crippen LogP contribution in [0.15, 0.2) is 18.2 Å². The molecule has 2 heterocycles. The summed E-state index contributed by atoms with van der Waals surface area (Å²) in [6, 6.07) is 5.50. The first-order chi connectivity index (χ1) is 9.18. The van der Waals surface area contributed by atoms with Crippen molar-refractivity contribution in [2.45, 2.75) is 24.8 Å². The second kappa shape index (κ2) is 3.57. The van der Waals surface area contributed by atoms with Gasteiger partial charge < -0.3 is 16.0 Å². The Bertz CT molecular complexity index is 667. The molecule has 1 aromatic carbocycles. The Hall–Kier alpha value is -1.88. The molecule has 19 heavy (non-hydrogen) atoms. The van der Waals surface area contributed by atoms with Crippen LogP contribution in [0.1, 0.15) is 35.4 Å². The number of nitrogens with zero attached hydrogens (tertiary/aromatic N) is 1. The number of fused-ring (bicyclic) bond motifs is 3. The number of para-hydroxylation sites is 1. The first-order valence-electron chi connectivity index (χ1n) is 6.72. The molecule has 2 bridgehead atoms. The topological polar surface area (TPSA) is 83.8 Å². The Balaban J connectivity index is 1.89. The van der Waals surface area contributed by atoms with Crippen LogP contribution in [0.3, 0.4) is 0 Å². The molecule has 2 aromatic rings. The number of aromatic amines is 1. The van der Waals surface area contributed by atoms with Gasteiger partial charge in [0.25, 0.3) is 5.91 Å². The highest BCUT2D eigenvalue weighted by Crippen LogP contribution is 2.46. The van der Waals surface area contributed by atoms with Gasteiger partial charge in [-0.1, -0.05) is 6.07 Å². The minimum Gasteiger partial charge on any atom is -0.366 e. The third-order valence-electron chi connectivity index (χ3n) is 4.58.